The monoisotopic (exact) mass is 227 g/mol. The number of amides is 1. The van der Waals surface area contributed by atoms with Crippen LogP contribution in [0, 0.1) is 17.3 Å². The highest BCUT2D eigenvalue weighted by atomic mass is 16.4. The average molecular weight is 227 g/mol. The van der Waals surface area contributed by atoms with Crippen molar-refractivity contribution in [3.05, 3.63) is 0 Å². The van der Waals surface area contributed by atoms with Gasteiger partial charge in [0, 0.05) is 18.5 Å². The van der Waals surface area contributed by atoms with Gasteiger partial charge < -0.3 is 10.0 Å². The van der Waals surface area contributed by atoms with E-state index in [2.05, 4.69) is 0 Å². The number of hydrogen-bond donors (Lipinski definition) is 1. The molecule has 0 aromatic heterocycles. The normalized spacial score (nSPS) is 26.6. The van der Waals surface area contributed by atoms with E-state index in [1.165, 1.54) is 0 Å². The SMILES string of the molecule is CC1CC(C(=O)O)CN(C(=O)C(C)(C)C)C1. The molecule has 1 rings (SSSR count). The van der Waals surface area contributed by atoms with Crippen LogP contribution in [-0.2, 0) is 9.59 Å². The second kappa shape index (κ2) is 4.44. The molecule has 1 saturated heterocycles. The number of carboxylic acid groups (broad SMARTS) is 1. The number of carbonyl (C=O) groups is 2. The van der Waals surface area contributed by atoms with Gasteiger partial charge in [-0.3, -0.25) is 9.59 Å². The zero-order valence-corrected chi connectivity index (χ0v) is 10.5. The minimum Gasteiger partial charge on any atom is -0.481 e. The largest absolute Gasteiger partial charge is 0.481 e. The molecular formula is C12H21NO3. The van der Waals surface area contributed by atoms with E-state index in [1.54, 1.807) is 4.90 Å². The Labute approximate surface area is 96.6 Å². The first-order valence-corrected chi connectivity index (χ1v) is 5.74. The predicted molar refractivity (Wildman–Crippen MR) is 60.9 cm³/mol. The number of carboxylic acids is 1. The molecule has 0 spiro atoms. The summed E-state index contributed by atoms with van der Waals surface area (Å²) in [4.78, 5) is 24.7. The molecule has 2 atom stereocenters. The van der Waals surface area contributed by atoms with Crippen molar-refractivity contribution in [2.75, 3.05) is 13.1 Å². The minimum atomic E-state index is -0.793. The first kappa shape index (κ1) is 13.0. The highest BCUT2D eigenvalue weighted by molar-refractivity contribution is 5.82. The van der Waals surface area contributed by atoms with E-state index in [0.29, 0.717) is 19.5 Å². The fourth-order valence-corrected chi connectivity index (χ4v) is 2.17. The number of likely N-dealkylation sites (tertiary alicyclic amines) is 1. The predicted octanol–water partition coefficient (Wildman–Crippen LogP) is 1.60. The molecule has 0 aromatic carbocycles. The standard InChI is InChI=1S/C12H21NO3/c1-8-5-9(10(14)15)7-13(6-8)11(16)12(2,3)4/h8-9H,5-7H2,1-4H3,(H,14,15). The molecule has 1 aliphatic heterocycles. The van der Waals surface area contributed by atoms with Crippen LogP contribution in [0.5, 0.6) is 0 Å². The average Bonchev–Trinajstić information content (AvgIpc) is 2.14. The molecule has 0 aromatic rings. The third-order valence-corrected chi connectivity index (χ3v) is 2.94. The molecule has 1 heterocycles. The van der Waals surface area contributed by atoms with Crippen LogP contribution < -0.4 is 0 Å². The Bertz CT molecular complexity index is 293. The lowest BCUT2D eigenvalue weighted by Gasteiger charge is -2.38. The van der Waals surface area contributed by atoms with Gasteiger partial charge in [-0.1, -0.05) is 27.7 Å². The molecule has 1 fully saturated rings. The summed E-state index contributed by atoms with van der Waals surface area (Å²) in [6, 6.07) is 0. The van der Waals surface area contributed by atoms with Crippen molar-refractivity contribution in [3.8, 4) is 0 Å². The van der Waals surface area contributed by atoms with Crippen LogP contribution in [0.25, 0.3) is 0 Å². The molecule has 2 unspecified atom stereocenters. The van der Waals surface area contributed by atoms with Gasteiger partial charge in [0.25, 0.3) is 0 Å². The second-order valence-electron chi connectivity index (χ2n) is 5.84. The summed E-state index contributed by atoms with van der Waals surface area (Å²) in [6.07, 6.45) is 0.670. The maximum absolute atomic E-state index is 12.1. The molecule has 4 heteroatoms. The van der Waals surface area contributed by atoms with Gasteiger partial charge in [0.15, 0.2) is 0 Å². The number of aliphatic carboxylic acids is 1. The highest BCUT2D eigenvalue weighted by Gasteiger charge is 2.35. The van der Waals surface area contributed by atoms with Crippen molar-refractivity contribution in [3.63, 3.8) is 0 Å². The fourth-order valence-electron chi connectivity index (χ4n) is 2.17. The summed E-state index contributed by atoms with van der Waals surface area (Å²) < 4.78 is 0. The zero-order chi connectivity index (χ0) is 12.5. The molecule has 1 aliphatic rings. The second-order valence-corrected chi connectivity index (χ2v) is 5.84. The summed E-state index contributed by atoms with van der Waals surface area (Å²) in [5, 5.41) is 9.02. The molecule has 0 aliphatic carbocycles. The van der Waals surface area contributed by atoms with Gasteiger partial charge in [-0.2, -0.15) is 0 Å². The molecule has 0 radical (unpaired) electrons. The Morgan fingerprint density at radius 3 is 2.25 bits per heavy atom. The highest BCUT2D eigenvalue weighted by Crippen LogP contribution is 2.26. The molecule has 0 bridgehead atoms. The van der Waals surface area contributed by atoms with Crippen LogP contribution in [0.15, 0.2) is 0 Å². The van der Waals surface area contributed by atoms with Gasteiger partial charge in [0.2, 0.25) is 5.91 Å². The third-order valence-electron chi connectivity index (χ3n) is 2.94. The van der Waals surface area contributed by atoms with Gasteiger partial charge in [0.1, 0.15) is 0 Å². The molecule has 0 saturated carbocycles. The third kappa shape index (κ3) is 2.97. The van der Waals surface area contributed by atoms with Gasteiger partial charge in [-0.05, 0) is 12.3 Å². The molecule has 16 heavy (non-hydrogen) atoms. The van der Waals surface area contributed by atoms with Crippen LogP contribution in [0.1, 0.15) is 34.1 Å². The Morgan fingerprint density at radius 2 is 1.81 bits per heavy atom. The molecular weight excluding hydrogens is 206 g/mol. The molecule has 1 N–H and O–H groups in total. The van der Waals surface area contributed by atoms with E-state index in [0.717, 1.165) is 0 Å². The quantitative estimate of drug-likeness (QED) is 0.740. The molecule has 1 amide bonds. The summed E-state index contributed by atoms with van der Waals surface area (Å²) in [7, 11) is 0. The minimum absolute atomic E-state index is 0.0466. The molecule has 92 valence electrons. The number of rotatable bonds is 1. The van der Waals surface area contributed by atoms with E-state index >= 15 is 0 Å². The van der Waals surface area contributed by atoms with Gasteiger partial charge in [0.05, 0.1) is 5.92 Å². The summed E-state index contributed by atoms with van der Waals surface area (Å²) in [5.41, 5.74) is -0.430. The van der Waals surface area contributed by atoms with Crippen molar-refractivity contribution < 1.29 is 14.7 Å². The first-order valence-electron chi connectivity index (χ1n) is 5.74. The number of carbonyl (C=O) groups excluding carboxylic acids is 1. The maximum Gasteiger partial charge on any atom is 0.308 e. The Hall–Kier alpha value is -1.06. The Kier molecular flexibility index (Phi) is 3.61. The van der Waals surface area contributed by atoms with Crippen molar-refractivity contribution in [2.24, 2.45) is 17.3 Å². The van der Waals surface area contributed by atoms with Crippen LogP contribution in [0.2, 0.25) is 0 Å². The van der Waals surface area contributed by atoms with Crippen LogP contribution in [0.3, 0.4) is 0 Å². The Balaban J connectivity index is 2.75. The first-order chi connectivity index (χ1) is 7.21. The van der Waals surface area contributed by atoms with Gasteiger partial charge in [-0.15, -0.1) is 0 Å². The lowest BCUT2D eigenvalue weighted by atomic mass is 9.87. The lowest BCUT2D eigenvalue weighted by molar-refractivity contribution is -0.149. The zero-order valence-electron chi connectivity index (χ0n) is 10.5. The van der Waals surface area contributed by atoms with E-state index in [4.69, 9.17) is 5.11 Å². The van der Waals surface area contributed by atoms with Crippen LogP contribution >= 0.6 is 0 Å². The van der Waals surface area contributed by atoms with Gasteiger partial charge >= 0.3 is 5.97 Å². The smallest absolute Gasteiger partial charge is 0.308 e. The van der Waals surface area contributed by atoms with E-state index < -0.39 is 17.3 Å². The fraction of sp³-hybridized carbons (Fsp3) is 0.833. The molecule has 4 nitrogen and oxygen atoms in total. The lowest BCUT2D eigenvalue weighted by Crippen LogP contribution is -2.49. The van der Waals surface area contributed by atoms with Crippen LogP contribution in [-0.4, -0.2) is 35.0 Å². The number of piperidine rings is 1. The van der Waals surface area contributed by atoms with Crippen molar-refractivity contribution in [1.82, 2.24) is 4.90 Å². The van der Waals surface area contributed by atoms with Crippen molar-refractivity contribution >= 4 is 11.9 Å². The van der Waals surface area contributed by atoms with Gasteiger partial charge in [-0.25, -0.2) is 0 Å². The summed E-state index contributed by atoms with van der Waals surface area (Å²) in [6.45, 7) is 8.63. The summed E-state index contributed by atoms with van der Waals surface area (Å²) in [5.74, 6) is -0.889. The van der Waals surface area contributed by atoms with E-state index in [9.17, 15) is 9.59 Å². The van der Waals surface area contributed by atoms with Crippen LogP contribution in [0.4, 0.5) is 0 Å². The van der Waals surface area contributed by atoms with E-state index in [1.807, 2.05) is 27.7 Å². The van der Waals surface area contributed by atoms with Crippen molar-refractivity contribution in [1.29, 1.82) is 0 Å². The number of nitrogens with zero attached hydrogens (tertiary/aromatic N) is 1. The van der Waals surface area contributed by atoms with E-state index in [-0.39, 0.29) is 11.8 Å². The van der Waals surface area contributed by atoms with Crippen molar-refractivity contribution in [2.45, 2.75) is 34.1 Å². The Morgan fingerprint density at radius 1 is 1.25 bits per heavy atom. The topological polar surface area (TPSA) is 57.6 Å². The summed E-state index contributed by atoms with van der Waals surface area (Å²) >= 11 is 0. The maximum atomic E-state index is 12.1. The number of hydrogen-bond acceptors (Lipinski definition) is 2.